The summed E-state index contributed by atoms with van der Waals surface area (Å²) in [5, 5.41) is 3.46. The molecule has 0 fully saturated rings. The van der Waals surface area contributed by atoms with Crippen molar-refractivity contribution in [2.24, 2.45) is 5.73 Å². The predicted octanol–water partition coefficient (Wildman–Crippen LogP) is 2.58. The highest BCUT2D eigenvalue weighted by Gasteiger charge is 2.02. The number of rotatable bonds is 5. The van der Waals surface area contributed by atoms with E-state index in [1.54, 1.807) is 0 Å². The third kappa shape index (κ3) is 4.33. The van der Waals surface area contributed by atoms with E-state index in [9.17, 15) is 0 Å². The highest BCUT2D eigenvalue weighted by molar-refractivity contribution is 9.10. The van der Waals surface area contributed by atoms with Crippen LogP contribution in [0.5, 0.6) is 0 Å². The highest BCUT2D eigenvalue weighted by atomic mass is 79.9. The minimum Gasteiger partial charge on any atom is -0.330 e. The van der Waals surface area contributed by atoms with Crippen molar-refractivity contribution in [2.75, 3.05) is 6.54 Å². The molecule has 0 bridgehead atoms. The fourth-order valence-electron chi connectivity index (χ4n) is 1.49. The molecule has 0 saturated heterocycles. The van der Waals surface area contributed by atoms with Crippen molar-refractivity contribution in [3.63, 3.8) is 0 Å². The maximum absolute atomic E-state index is 5.50. The first-order chi connectivity index (χ1) is 7.13. The number of nitrogens with one attached hydrogen (secondary N) is 1. The largest absolute Gasteiger partial charge is 0.330 e. The number of hydrogen-bond donors (Lipinski definition) is 2. The first-order valence-corrected chi connectivity index (χ1v) is 6.11. The molecule has 1 rings (SSSR count). The highest BCUT2D eigenvalue weighted by Crippen LogP contribution is 2.15. The van der Waals surface area contributed by atoms with Gasteiger partial charge in [-0.3, -0.25) is 0 Å². The fourth-order valence-corrected chi connectivity index (χ4v) is 1.97. The Morgan fingerprint density at radius 3 is 2.80 bits per heavy atom. The Hall–Kier alpha value is -0.380. The maximum atomic E-state index is 5.50. The van der Waals surface area contributed by atoms with Crippen molar-refractivity contribution in [2.45, 2.75) is 32.9 Å². The van der Waals surface area contributed by atoms with Gasteiger partial charge in [0, 0.05) is 17.1 Å². The standard InChI is InChI=1S/C12H19BrN2/c1-9-7-12(13)4-3-11(9)8-15-10(2)5-6-14/h3-4,7,10,15H,5-6,8,14H2,1-2H3. The molecule has 1 atom stereocenters. The molecule has 3 heteroatoms. The summed E-state index contributed by atoms with van der Waals surface area (Å²) in [5.41, 5.74) is 8.17. The van der Waals surface area contributed by atoms with Gasteiger partial charge in [0.05, 0.1) is 0 Å². The molecule has 0 aromatic heterocycles. The smallest absolute Gasteiger partial charge is 0.0210 e. The molecule has 15 heavy (non-hydrogen) atoms. The molecule has 0 radical (unpaired) electrons. The zero-order chi connectivity index (χ0) is 11.3. The Bertz CT molecular complexity index is 312. The fraction of sp³-hybridized carbons (Fsp3) is 0.500. The summed E-state index contributed by atoms with van der Waals surface area (Å²) < 4.78 is 1.14. The lowest BCUT2D eigenvalue weighted by atomic mass is 10.1. The van der Waals surface area contributed by atoms with Crippen LogP contribution in [0.2, 0.25) is 0 Å². The van der Waals surface area contributed by atoms with Gasteiger partial charge in [0.25, 0.3) is 0 Å². The summed E-state index contributed by atoms with van der Waals surface area (Å²) in [6, 6.07) is 6.86. The third-order valence-electron chi connectivity index (χ3n) is 2.55. The van der Waals surface area contributed by atoms with Gasteiger partial charge >= 0.3 is 0 Å². The van der Waals surface area contributed by atoms with Crippen molar-refractivity contribution in [3.05, 3.63) is 33.8 Å². The normalized spacial score (nSPS) is 12.8. The Labute approximate surface area is 100 Å². The molecule has 0 spiro atoms. The van der Waals surface area contributed by atoms with Crippen LogP contribution in [0.25, 0.3) is 0 Å². The van der Waals surface area contributed by atoms with Crippen LogP contribution < -0.4 is 11.1 Å². The van der Waals surface area contributed by atoms with Gasteiger partial charge in [-0.05, 0) is 50.1 Å². The van der Waals surface area contributed by atoms with E-state index in [2.05, 4.69) is 53.3 Å². The molecule has 0 aliphatic carbocycles. The molecule has 0 saturated carbocycles. The predicted molar refractivity (Wildman–Crippen MR) is 68.9 cm³/mol. The van der Waals surface area contributed by atoms with Gasteiger partial charge in [-0.25, -0.2) is 0 Å². The van der Waals surface area contributed by atoms with E-state index >= 15 is 0 Å². The second-order valence-corrected chi connectivity index (χ2v) is 4.85. The minimum absolute atomic E-state index is 0.484. The summed E-state index contributed by atoms with van der Waals surface area (Å²) >= 11 is 3.46. The van der Waals surface area contributed by atoms with E-state index in [0.29, 0.717) is 6.04 Å². The van der Waals surface area contributed by atoms with Gasteiger partial charge in [-0.1, -0.05) is 22.0 Å². The van der Waals surface area contributed by atoms with E-state index in [4.69, 9.17) is 5.73 Å². The van der Waals surface area contributed by atoms with Gasteiger partial charge in [0.2, 0.25) is 0 Å². The zero-order valence-electron chi connectivity index (χ0n) is 9.39. The van der Waals surface area contributed by atoms with Crippen LogP contribution in [-0.2, 0) is 6.54 Å². The lowest BCUT2D eigenvalue weighted by molar-refractivity contribution is 0.519. The minimum atomic E-state index is 0.484. The summed E-state index contributed by atoms with van der Waals surface area (Å²) in [6.07, 6.45) is 1.02. The van der Waals surface area contributed by atoms with Crippen LogP contribution in [0.4, 0.5) is 0 Å². The lowest BCUT2D eigenvalue weighted by Gasteiger charge is -2.14. The SMILES string of the molecule is Cc1cc(Br)ccc1CNC(C)CCN. The third-order valence-corrected chi connectivity index (χ3v) is 3.04. The molecule has 0 heterocycles. The monoisotopic (exact) mass is 270 g/mol. The maximum Gasteiger partial charge on any atom is 0.0210 e. The van der Waals surface area contributed by atoms with Gasteiger partial charge in [-0.2, -0.15) is 0 Å². The molecular formula is C12H19BrN2. The van der Waals surface area contributed by atoms with Crippen molar-refractivity contribution in [1.29, 1.82) is 0 Å². The number of halogens is 1. The van der Waals surface area contributed by atoms with Gasteiger partial charge < -0.3 is 11.1 Å². The van der Waals surface area contributed by atoms with Crippen LogP contribution in [0.15, 0.2) is 22.7 Å². The first kappa shape index (κ1) is 12.7. The number of aryl methyl sites for hydroxylation is 1. The topological polar surface area (TPSA) is 38.0 Å². The average Bonchev–Trinajstić information content (AvgIpc) is 2.17. The molecular weight excluding hydrogens is 252 g/mol. The van der Waals surface area contributed by atoms with Crippen molar-refractivity contribution < 1.29 is 0 Å². The summed E-state index contributed by atoms with van der Waals surface area (Å²) in [5.74, 6) is 0. The molecule has 1 aromatic rings. The Morgan fingerprint density at radius 1 is 1.47 bits per heavy atom. The molecule has 0 aliphatic heterocycles. The molecule has 2 nitrogen and oxygen atoms in total. The van der Waals surface area contributed by atoms with E-state index in [-0.39, 0.29) is 0 Å². The Balaban J connectivity index is 2.50. The van der Waals surface area contributed by atoms with E-state index in [1.807, 2.05) is 0 Å². The second-order valence-electron chi connectivity index (χ2n) is 3.93. The number of hydrogen-bond acceptors (Lipinski definition) is 2. The van der Waals surface area contributed by atoms with E-state index in [0.717, 1.165) is 24.0 Å². The second kappa shape index (κ2) is 6.26. The number of nitrogens with two attached hydrogens (primary N) is 1. The van der Waals surface area contributed by atoms with Gasteiger partial charge in [0.1, 0.15) is 0 Å². The van der Waals surface area contributed by atoms with Crippen LogP contribution in [0, 0.1) is 6.92 Å². The van der Waals surface area contributed by atoms with Gasteiger partial charge in [0.15, 0.2) is 0 Å². The molecule has 1 unspecified atom stereocenters. The van der Waals surface area contributed by atoms with Crippen molar-refractivity contribution in [1.82, 2.24) is 5.32 Å². The molecule has 84 valence electrons. The average molecular weight is 271 g/mol. The summed E-state index contributed by atoms with van der Waals surface area (Å²) in [4.78, 5) is 0. The zero-order valence-corrected chi connectivity index (χ0v) is 11.0. The number of benzene rings is 1. The van der Waals surface area contributed by atoms with Crippen LogP contribution in [0.3, 0.4) is 0 Å². The van der Waals surface area contributed by atoms with E-state index in [1.165, 1.54) is 11.1 Å². The van der Waals surface area contributed by atoms with Gasteiger partial charge in [-0.15, -0.1) is 0 Å². The Morgan fingerprint density at radius 2 is 2.20 bits per heavy atom. The van der Waals surface area contributed by atoms with Crippen LogP contribution in [-0.4, -0.2) is 12.6 Å². The molecule has 0 aliphatic rings. The van der Waals surface area contributed by atoms with Crippen LogP contribution in [0.1, 0.15) is 24.5 Å². The lowest BCUT2D eigenvalue weighted by Crippen LogP contribution is -2.28. The van der Waals surface area contributed by atoms with Crippen LogP contribution >= 0.6 is 15.9 Å². The summed E-state index contributed by atoms with van der Waals surface area (Å²) in [7, 11) is 0. The quantitative estimate of drug-likeness (QED) is 0.863. The Kier molecular flexibility index (Phi) is 5.29. The van der Waals surface area contributed by atoms with Crippen molar-refractivity contribution in [3.8, 4) is 0 Å². The van der Waals surface area contributed by atoms with E-state index < -0.39 is 0 Å². The van der Waals surface area contributed by atoms with Crippen molar-refractivity contribution >= 4 is 15.9 Å². The molecule has 3 N–H and O–H groups in total. The first-order valence-electron chi connectivity index (χ1n) is 5.32. The summed E-state index contributed by atoms with van der Waals surface area (Å²) in [6.45, 7) is 5.96. The molecule has 0 amide bonds. The molecule has 1 aromatic carbocycles.